The molecule has 4 N–H and O–H groups in total. The number of para-hydroxylation sites is 5. The SMILES string of the molecule is CC1N[P+]2(Oc3ccccc3)CC(Oc3ccccc3)C2CN[P+](O)(Oc2ccccc2)N[P+]1(Oc1ccccc1)Oc1ccccc1. The molecule has 12 heteroatoms. The van der Waals surface area contributed by atoms with E-state index in [4.69, 9.17) is 22.8 Å². The minimum Gasteiger partial charge on any atom is -0.482 e. The Labute approximate surface area is 283 Å². The molecule has 48 heavy (non-hydrogen) atoms. The zero-order chi connectivity index (χ0) is 32.9. The summed E-state index contributed by atoms with van der Waals surface area (Å²) >= 11 is 0. The Morgan fingerprint density at radius 3 is 1.46 bits per heavy atom. The van der Waals surface area contributed by atoms with Gasteiger partial charge in [0.05, 0.1) is 11.4 Å². The average Bonchev–Trinajstić information content (AvgIpc) is 3.12. The predicted molar refractivity (Wildman–Crippen MR) is 195 cm³/mol. The van der Waals surface area contributed by atoms with E-state index in [1.54, 1.807) is 0 Å². The third-order valence-corrected chi connectivity index (χ3v) is 17.6. The van der Waals surface area contributed by atoms with E-state index in [-0.39, 0.29) is 11.8 Å². The van der Waals surface area contributed by atoms with Crippen LogP contribution in [0.4, 0.5) is 0 Å². The van der Waals surface area contributed by atoms with Crippen molar-refractivity contribution in [3.63, 3.8) is 0 Å². The minimum absolute atomic E-state index is 0.165. The summed E-state index contributed by atoms with van der Waals surface area (Å²) in [5.74, 6) is 2.70. The first kappa shape index (κ1) is 32.8. The van der Waals surface area contributed by atoms with Crippen molar-refractivity contribution in [3.8, 4) is 28.7 Å². The molecule has 2 aliphatic rings. The van der Waals surface area contributed by atoms with Crippen molar-refractivity contribution in [1.29, 1.82) is 0 Å². The van der Waals surface area contributed by atoms with Gasteiger partial charge in [-0.05, 0) is 67.6 Å². The maximum absolute atomic E-state index is 12.6. The third kappa shape index (κ3) is 7.44. The summed E-state index contributed by atoms with van der Waals surface area (Å²) in [4.78, 5) is 16.0. The van der Waals surface area contributed by atoms with E-state index in [1.807, 2.05) is 159 Å². The van der Waals surface area contributed by atoms with Gasteiger partial charge in [0, 0.05) is 0 Å². The Hall–Kier alpha value is -3.77. The Balaban J connectivity index is 1.33. The smallest absolute Gasteiger partial charge is 0.482 e. The summed E-state index contributed by atoms with van der Waals surface area (Å²) in [6, 6.07) is 47.9. The first-order chi connectivity index (χ1) is 23.4. The van der Waals surface area contributed by atoms with Crippen LogP contribution >= 0.6 is 23.5 Å². The Morgan fingerprint density at radius 1 is 0.562 bits per heavy atom. The minimum atomic E-state index is -3.70. The molecule has 9 nitrogen and oxygen atoms in total. The monoisotopic (exact) mass is 702 g/mol. The van der Waals surface area contributed by atoms with E-state index in [9.17, 15) is 4.89 Å². The molecule has 0 spiro atoms. The molecule has 2 heterocycles. The summed E-state index contributed by atoms with van der Waals surface area (Å²) in [5.41, 5.74) is -0.165. The highest BCUT2D eigenvalue weighted by atomic mass is 31.3. The van der Waals surface area contributed by atoms with Gasteiger partial charge in [0.25, 0.3) is 7.64 Å². The molecule has 2 saturated heterocycles. The number of ether oxygens (including phenoxy) is 1. The van der Waals surface area contributed by atoms with Gasteiger partial charge in [-0.25, -0.2) is 0 Å². The zero-order valence-corrected chi connectivity index (χ0v) is 29.1. The van der Waals surface area contributed by atoms with Crippen LogP contribution in [-0.4, -0.2) is 35.1 Å². The van der Waals surface area contributed by atoms with Crippen molar-refractivity contribution in [2.45, 2.75) is 24.5 Å². The van der Waals surface area contributed by atoms with Crippen molar-refractivity contribution in [3.05, 3.63) is 152 Å². The highest BCUT2D eigenvalue weighted by Gasteiger charge is 2.75. The fraction of sp³-hybridized carbons (Fsp3) is 0.167. The summed E-state index contributed by atoms with van der Waals surface area (Å²) in [7, 11) is -9.62. The summed E-state index contributed by atoms with van der Waals surface area (Å²) in [6.07, 6.45) is 0.429. The molecule has 2 aliphatic heterocycles. The van der Waals surface area contributed by atoms with Crippen molar-refractivity contribution in [2.75, 3.05) is 12.7 Å². The van der Waals surface area contributed by atoms with E-state index < -0.39 is 29.3 Å². The molecule has 2 fully saturated rings. The average molecular weight is 703 g/mol. The molecule has 0 aliphatic carbocycles. The standard InChI is InChI=1S/C36H39N3O6P3/c1-29-38-46(42-31-19-9-3-10-20-31)28-35(41-30-17-7-2-8-18-30)36(46)27-37-48(40,45-34-25-15-6-16-26-34)39-47(29,43-32-21-11-4-12-22-32)44-33-23-13-5-14-24-33/h2-26,29,35-40H,27-28H2,1H3/q+3. The van der Waals surface area contributed by atoms with Crippen LogP contribution < -0.4 is 37.9 Å². The summed E-state index contributed by atoms with van der Waals surface area (Å²) in [5, 5.41) is 7.35. The van der Waals surface area contributed by atoms with Gasteiger partial charge < -0.3 is 9.26 Å². The first-order valence-corrected chi connectivity index (χ1v) is 21.2. The highest BCUT2D eigenvalue weighted by Crippen LogP contribution is 2.76. The van der Waals surface area contributed by atoms with Crippen LogP contribution in [0.25, 0.3) is 0 Å². The fourth-order valence-electron chi connectivity index (χ4n) is 5.77. The van der Waals surface area contributed by atoms with Gasteiger partial charge in [-0.1, -0.05) is 91.0 Å². The highest BCUT2D eigenvalue weighted by molar-refractivity contribution is 7.80. The molecule has 246 valence electrons. The number of rotatable bonds is 10. The molecule has 0 bridgehead atoms. The normalized spacial score (nSPS) is 26.2. The molecular formula is C36H39N3O6P3+3. The van der Waals surface area contributed by atoms with Crippen LogP contribution in [0.1, 0.15) is 6.92 Å². The number of hydrogen-bond donors (Lipinski definition) is 4. The van der Waals surface area contributed by atoms with Crippen LogP contribution in [-0.2, 0) is 0 Å². The van der Waals surface area contributed by atoms with Crippen LogP contribution in [0, 0.1) is 0 Å². The molecule has 0 saturated carbocycles. The second-order valence-electron chi connectivity index (χ2n) is 11.6. The van der Waals surface area contributed by atoms with E-state index in [1.165, 1.54) is 0 Å². The van der Waals surface area contributed by atoms with Gasteiger partial charge in [0.15, 0.2) is 40.9 Å². The van der Waals surface area contributed by atoms with Crippen molar-refractivity contribution >= 4 is 23.5 Å². The third-order valence-electron chi connectivity index (χ3n) is 8.11. The molecule has 5 aromatic carbocycles. The van der Waals surface area contributed by atoms with Crippen LogP contribution in [0.15, 0.2) is 152 Å². The molecular weight excluding hydrogens is 663 g/mol. The molecule has 5 atom stereocenters. The number of benzene rings is 5. The molecule has 0 radical (unpaired) electrons. The molecule has 7 rings (SSSR count). The van der Waals surface area contributed by atoms with Crippen molar-refractivity contribution < 1.29 is 27.7 Å². The van der Waals surface area contributed by atoms with Gasteiger partial charge in [0.1, 0.15) is 5.75 Å². The lowest BCUT2D eigenvalue weighted by molar-refractivity contribution is 0.186. The Kier molecular flexibility index (Phi) is 9.81. The van der Waals surface area contributed by atoms with Crippen LogP contribution in [0.2, 0.25) is 0 Å². The van der Waals surface area contributed by atoms with Gasteiger partial charge >= 0.3 is 15.9 Å². The molecule has 5 unspecified atom stereocenters. The van der Waals surface area contributed by atoms with E-state index >= 15 is 0 Å². The largest absolute Gasteiger partial charge is 0.511 e. The number of fused-ring (bicyclic) bond motifs is 1. The second kappa shape index (κ2) is 14.4. The lowest BCUT2D eigenvalue weighted by atomic mass is 10.2. The predicted octanol–water partition coefficient (Wildman–Crippen LogP) is 8.54. The molecule has 0 amide bonds. The van der Waals surface area contributed by atoms with Gasteiger partial charge in [-0.2, -0.15) is 4.89 Å². The van der Waals surface area contributed by atoms with Crippen LogP contribution in [0.5, 0.6) is 28.7 Å². The van der Waals surface area contributed by atoms with Crippen molar-refractivity contribution in [1.82, 2.24) is 15.0 Å². The van der Waals surface area contributed by atoms with Gasteiger partial charge in [0.2, 0.25) is 5.78 Å². The number of hydrogen-bond acceptors (Lipinski definition) is 9. The van der Waals surface area contributed by atoms with Crippen molar-refractivity contribution in [2.24, 2.45) is 0 Å². The second-order valence-corrected chi connectivity index (χ2v) is 19.4. The summed E-state index contributed by atoms with van der Waals surface area (Å²) in [6.45, 7) is 2.35. The van der Waals surface area contributed by atoms with Gasteiger partial charge in [-0.3, -0.25) is 13.6 Å². The zero-order valence-electron chi connectivity index (χ0n) is 26.4. The maximum atomic E-state index is 12.6. The van der Waals surface area contributed by atoms with E-state index in [0.717, 1.165) is 11.5 Å². The fourth-order valence-corrected chi connectivity index (χ4v) is 15.8. The first-order valence-electron chi connectivity index (χ1n) is 15.8. The van der Waals surface area contributed by atoms with E-state index in [0.29, 0.717) is 30.0 Å². The van der Waals surface area contributed by atoms with E-state index in [2.05, 4.69) is 15.0 Å². The topological polar surface area (TPSA) is 102 Å². The molecule has 5 aromatic rings. The maximum Gasteiger partial charge on any atom is 0.511 e. The quantitative estimate of drug-likeness (QED) is 0.107. The number of nitrogens with one attached hydrogen (secondary N) is 3. The van der Waals surface area contributed by atoms with Gasteiger partial charge in [-0.15, -0.1) is 10.2 Å². The summed E-state index contributed by atoms with van der Waals surface area (Å²) < 4.78 is 33.8. The Morgan fingerprint density at radius 2 is 0.979 bits per heavy atom. The van der Waals surface area contributed by atoms with Crippen LogP contribution in [0.3, 0.4) is 0 Å². The lowest BCUT2D eigenvalue weighted by Gasteiger charge is -2.45. The Bertz CT molecular complexity index is 1710. The molecule has 0 aromatic heterocycles. The lowest BCUT2D eigenvalue weighted by Crippen LogP contribution is -2.59.